The minimum Gasteiger partial charge on any atom is -0.326 e. The molecule has 2 heterocycles. The van der Waals surface area contributed by atoms with Crippen LogP contribution in [-0.4, -0.2) is 20.7 Å². The van der Waals surface area contributed by atoms with Crippen LogP contribution in [-0.2, 0) is 17.8 Å². The number of carbonyl (C=O) groups excluding carboxylic acids is 1. The summed E-state index contributed by atoms with van der Waals surface area (Å²) in [6.45, 7) is 5.09. The highest BCUT2D eigenvalue weighted by Crippen LogP contribution is 2.24. The first-order valence-electron chi connectivity index (χ1n) is 9.06. The third kappa shape index (κ3) is 3.50. The molecule has 1 amide bonds. The van der Waals surface area contributed by atoms with E-state index in [1.54, 1.807) is 0 Å². The van der Waals surface area contributed by atoms with E-state index in [-0.39, 0.29) is 11.8 Å². The number of hydrogen-bond acceptors (Lipinski definition) is 3. The molecule has 1 aliphatic rings. The SMILES string of the molecule is CCC(CC)C(=O)Nc1ccc(-c2nnc3n2CCCCC3)cc1. The van der Waals surface area contributed by atoms with Gasteiger partial charge in [0.2, 0.25) is 5.91 Å². The number of aryl methyl sites for hydroxylation is 1. The second-order valence-electron chi connectivity index (χ2n) is 6.48. The second kappa shape index (κ2) is 7.60. The first-order valence-corrected chi connectivity index (χ1v) is 9.06. The van der Waals surface area contributed by atoms with Gasteiger partial charge in [-0.2, -0.15) is 0 Å². The first kappa shape index (κ1) is 16.7. The van der Waals surface area contributed by atoms with Crippen molar-refractivity contribution in [2.45, 2.75) is 58.9 Å². The van der Waals surface area contributed by atoms with Crippen LogP contribution >= 0.6 is 0 Å². The van der Waals surface area contributed by atoms with E-state index >= 15 is 0 Å². The number of aromatic nitrogens is 3. The van der Waals surface area contributed by atoms with Gasteiger partial charge in [0.1, 0.15) is 5.82 Å². The summed E-state index contributed by atoms with van der Waals surface area (Å²) < 4.78 is 2.24. The Kier molecular flexibility index (Phi) is 5.28. The molecule has 1 N–H and O–H groups in total. The summed E-state index contributed by atoms with van der Waals surface area (Å²) >= 11 is 0. The third-order valence-corrected chi connectivity index (χ3v) is 4.88. The van der Waals surface area contributed by atoms with Crippen molar-refractivity contribution in [2.24, 2.45) is 5.92 Å². The molecule has 2 aromatic rings. The van der Waals surface area contributed by atoms with Gasteiger partial charge in [-0.3, -0.25) is 4.79 Å². The Morgan fingerprint density at radius 1 is 1.12 bits per heavy atom. The summed E-state index contributed by atoms with van der Waals surface area (Å²) in [5.74, 6) is 2.21. The first-order chi connectivity index (χ1) is 11.7. The maximum absolute atomic E-state index is 12.2. The van der Waals surface area contributed by atoms with Crippen molar-refractivity contribution >= 4 is 11.6 Å². The van der Waals surface area contributed by atoms with E-state index in [9.17, 15) is 4.79 Å². The van der Waals surface area contributed by atoms with E-state index in [0.29, 0.717) is 0 Å². The Morgan fingerprint density at radius 3 is 2.58 bits per heavy atom. The zero-order valence-corrected chi connectivity index (χ0v) is 14.6. The summed E-state index contributed by atoms with van der Waals surface area (Å²) in [5.41, 5.74) is 1.89. The summed E-state index contributed by atoms with van der Waals surface area (Å²) in [5, 5.41) is 11.7. The number of fused-ring (bicyclic) bond motifs is 1. The normalized spacial score (nSPS) is 14.3. The number of hydrogen-bond donors (Lipinski definition) is 1. The largest absolute Gasteiger partial charge is 0.326 e. The molecule has 5 heteroatoms. The molecule has 0 saturated heterocycles. The molecule has 1 aromatic carbocycles. The topological polar surface area (TPSA) is 59.8 Å². The zero-order valence-electron chi connectivity index (χ0n) is 14.6. The molecule has 1 aromatic heterocycles. The van der Waals surface area contributed by atoms with Gasteiger partial charge in [0.05, 0.1) is 0 Å². The van der Waals surface area contributed by atoms with E-state index in [1.807, 2.05) is 38.1 Å². The molecule has 3 rings (SSSR count). The number of anilines is 1. The Balaban J connectivity index is 1.76. The molecule has 0 fully saturated rings. The third-order valence-electron chi connectivity index (χ3n) is 4.88. The summed E-state index contributed by atoms with van der Waals surface area (Å²) in [4.78, 5) is 12.2. The van der Waals surface area contributed by atoms with Crippen molar-refractivity contribution in [1.29, 1.82) is 0 Å². The van der Waals surface area contributed by atoms with Crippen LogP contribution in [0.25, 0.3) is 11.4 Å². The van der Waals surface area contributed by atoms with Gasteiger partial charge in [-0.15, -0.1) is 10.2 Å². The highest BCUT2D eigenvalue weighted by molar-refractivity contribution is 5.92. The predicted octanol–water partition coefficient (Wildman–Crippen LogP) is 4.05. The fourth-order valence-corrected chi connectivity index (χ4v) is 3.31. The molecule has 0 atom stereocenters. The molecule has 5 nitrogen and oxygen atoms in total. The van der Waals surface area contributed by atoms with Crippen molar-refractivity contribution in [3.63, 3.8) is 0 Å². The number of amides is 1. The zero-order chi connectivity index (χ0) is 16.9. The molecule has 128 valence electrons. The van der Waals surface area contributed by atoms with Crippen LogP contribution in [0.5, 0.6) is 0 Å². The quantitative estimate of drug-likeness (QED) is 0.902. The van der Waals surface area contributed by atoms with Gasteiger partial charge in [-0.05, 0) is 49.9 Å². The number of carbonyl (C=O) groups is 1. The predicted molar refractivity (Wildman–Crippen MR) is 95.7 cm³/mol. The van der Waals surface area contributed by atoms with E-state index in [2.05, 4.69) is 20.1 Å². The molecule has 0 radical (unpaired) electrons. The molecular weight excluding hydrogens is 300 g/mol. The van der Waals surface area contributed by atoms with Crippen LogP contribution in [0.3, 0.4) is 0 Å². The highest BCUT2D eigenvalue weighted by atomic mass is 16.1. The monoisotopic (exact) mass is 326 g/mol. The lowest BCUT2D eigenvalue weighted by Crippen LogP contribution is -2.21. The molecule has 24 heavy (non-hydrogen) atoms. The van der Waals surface area contributed by atoms with Crippen molar-refractivity contribution < 1.29 is 4.79 Å². The van der Waals surface area contributed by atoms with Gasteiger partial charge in [0, 0.05) is 30.1 Å². The molecular formula is C19H26N4O. The molecule has 0 unspecified atom stereocenters. The van der Waals surface area contributed by atoms with Crippen LogP contribution < -0.4 is 5.32 Å². The Morgan fingerprint density at radius 2 is 1.88 bits per heavy atom. The van der Waals surface area contributed by atoms with Crippen LogP contribution in [0.1, 0.15) is 51.8 Å². The van der Waals surface area contributed by atoms with Crippen molar-refractivity contribution in [2.75, 3.05) is 5.32 Å². The van der Waals surface area contributed by atoms with Gasteiger partial charge in [-0.1, -0.05) is 20.3 Å². The van der Waals surface area contributed by atoms with Gasteiger partial charge in [-0.25, -0.2) is 0 Å². The summed E-state index contributed by atoms with van der Waals surface area (Å²) in [7, 11) is 0. The van der Waals surface area contributed by atoms with E-state index in [1.165, 1.54) is 19.3 Å². The highest BCUT2D eigenvalue weighted by Gasteiger charge is 2.17. The molecule has 0 aliphatic carbocycles. The van der Waals surface area contributed by atoms with E-state index in [4.69, 9.17) is 0 Å². The minimum absolute atomic E-state index is 0.0805. The number of nitrogens with zero attached hydrogens (tertiary/aromatic N) is 3. The number of benzene rings is 1. The van der Waals surface area contributed by atoms with Gasteiger partial charge < -0.3 is 9.88 Å². The standard InChI is InChI=1S/C19H26N4O/c1-3-14(4-2)19(24)20-16-11-9-15(10-12-16)18-22-21-17-8-6-5-7-13-23(17)18/h9-12,14H,3-8,13H2,1-2H3,(H,20,24). The molecule has 0 spiro atoms. The summed E-state index contributed by atoms with van der Waals surface area (Å²) in [6.07, 6.45) is 6.37. The van der Waals surface area contributed by atoms with E-state index < -0.39 is 0 Å². The van der Waals surface area contributed by atoms with Gasteiger partial charge in [0.15, 0.2) is 5.82 Å². The van der Waals surface area contributed by atoms with Crippen molar-refractivity contribution in [1.82, 2.24) is 14.8 Å². The van der Waals surface area contributed by atoms with Crippen molar-refractivity contribution in [3.8, 4) is 11.4 Å². The van der Waals surface area contributed by atoms with Crippen LogP contribution in [0.4, 0.5) is 5.69 Å². The van der Waals surface area contributed by atoms with Gasteiger partial charge >= 0.3 is 0 Å². The fraction of sp³-hybridized carbons (Fsp3) is 0.526. The van der Waals surface area contributed by atoms with Gasteiger partial charge in [0.25, 0.3) is 0 Å². The second-order valence-corrected chi connectivity index (χ2v) is 6.48. The number of nitrogens with one attached hydrogen (secondary N) is 1. The lowest BCUT2D eigenvalue weighted by atomic mass is 10.0. The summed E-state index contributed by atoms with van der Waals surface area (Å²) in [6, 6.07) is 7.94. The maximum atomic E-state index is 12.2. The minimum atomic E-state index is 0.0805. The van der Waals surface area contributed by atoms with Crippen LogP contribution in [0, 0.1) is 5.92 Å². The Hall–Kier alpha value is -2.17. The molecule has 0 saturated carbocycles. The lowest BCUT2D eigenvalue weighted by Gasteiger charge is -2.13. The number of rotatable bonds is 5. The van der Waals surface area contributed by atoms with Crippen molar-refractivity contribution in [3.05, 3.63) is 30.1 Å². The van der Waals surface area contributed by atoms with E-state index in [0.717, 1.165) is 48.7 Å². The average Bonchev–Trinajstić information content (AvgIpc) is 2.85. The average molecular weight is 326 g/mol. The Bertz CT molecular complexity index is 686. The molecule has 1 aliphatic heterocycles. The van der Waals surface area contributed by atoms with Crippen LogP contribution in [0.2, 0.25) is 0 Å². The molecule has 0 bridgehead atoms. The smallest absolute Gasteiger partial charge is 0.227 e. The fourth-order valence-electron chi connectivity index (χ4n) is 3.31. The maximum Gasteiger partial charge on any atom is 0.227 e. The Labute approximate surface area is 143 Å². The lowest BCUT2D eigenvalue weighted by molar-refractivity contribution is -0.120. The van der Waals surface area contributed by atoms with Crippen LogP contribution in [0.15, 0.2) is 24.3 Å².